The number of nitrogens with zero attached hydrogens (tertiary/aromatic N) is 2. The summed E-state index contributed by atoms with van der Waals surface area (Å²) < 4.78 is 1.28. The minimum absolute atomic E-state index is 0.354. The molecule has 0 aliphatic rings. The molecule has 6 nitrogen and oxygen atoms in total. The number of carboxylic acid groups (broad SMARTS) is 1. The fourth-order valence-corrected chi connectivity index (χ4v) is 2.02. The van der Waals surface area contributed by atoms with Crippen LogP contribution in [0.3, 0.4) is 0 Å². The number of benzene rings is 1. The van der Waals surface area contributed by atoms with Gasteiger partial charge in [0, 0.05) is 6.20 Å². The number of carboxylic acids is 1. The van der Waals surface area contributed by atoms with Gasteiger partial charge in [-0.1, -0.05) is 23.7 Å². The fraction of sp³-hybridized carbons (Fsp3) is 0.267. The molecule has 0 unspecified atom stereocenters. The second-order valence-electron chi connectivity index (χ2n) is 5.43. The Hall–Kier alpha value is -2.34. The van der Waals surface area contributed by atoms with Crippen LogP contribution >= 0.6 is 11.6 Å². The molecular formula is C15H16ClN3O3. The molecule has 0 spiro atoms. The van der Waals surface area contributed by atoms with Gasteiger partial charge in [0.1, 0.15) is 0 Å². The number of carbonyl (C=O) groups excluding carboxylic acids is 1. The Balaban J connectivity index is 2.22. The summed E-state index contributed by atoms with van der Waals surface area (Å²) >= 11 is 6.11. The van der Waals surface area contributed by atoms with Gasteiger partial charge in [0.05, 0.1) is 22.5 Å². The van der Waals surface area contributed by atoms with Gasteiger partial charge >= 0.3 is 5.97 Å². The molecule has 22 heavy (non-hydrogen) atoms. The first-order valence-corrected chi connectivity index (χ1v) is 6.96. The maximum Gasteiger partial charge on any atom is 0.331 e. The van der Waals surface area contributed by atoms with E-state index in [9.17, 15) is 9.59 Å². The largest absolute Gasteiger partial charge is 0.479 e. The number of hydrogen-bond acceptors (Lipinski definition) is 3. The first-order valence-electron chi connectivity index (χ1n) is 6.58. The molecule has 0 saturated heterocycles. The first-order chi connectivity index (χ1) is 10.2. The molecular weight excluding hydrogens is 306 g/mol. The average molecular weight is 322 g/mol. The van der Waals surface area contributed by atoms with Crippen molar-refractivity contribution < 1.29 is 14.7 Å². The molecule has 7 heteroatoms. The van der Waals surface area contributed by atoms with Crippen LogP contribution in [0.4, 0.5) is 5.69 Å². The molecule has 0 atom stereocenters. The van der Waals surface area contributed by atoms with E-state index in [1.165, 1.54) is 30.9 Å². The normalized spacial score (nSPS) is 11.3. The minimum Gasteiger partial charge on any atom is -0.479 e. The molecule has 0 aliphatic carbocycles. The Labute approximate surface area is 132 Å². The van der Waals surface area contributed by atoms with Crippen LogP contribution in [-0.4, -0.2) is 26.8 Å². The van der Waals surface area contributed by atoms with Crippen molar-refractivity contribution in [3.05, 3.63) is 46.7 Å². The van der Waals surface area contributed by atoms with Crippen LogP contribution in [0.1, 0.15) is 29.8 Å². The molecule has 2 N–H and O–H groups in total. The summed E-state index contributed by atoms with van der Waals surface area (Å²) in [5, 5.41) is 16.2. The molecule has 1 aromatic heterocycles. The van der Waals surface area contributed by atoms with Crippen molar-refractivity contribution in [2.45, 2.75) is 26.3 Å². The smallest absolute Gasteiger partial charge is 0.331 e. The highest BCUT2D eigenvalue weighted by molar-refractivity contribution is 6.35. The molecule has 0 aliphatic heterocycles. The third-order valence-corrected chi connectivity index (χ3v) is 3.87. The first kappa shape index (κ1) is 16.0. The number of halogens is 1. The van der Waals surface area contributed by atoms with E-state index in [2.05, 4.69) is 10.4 Å². The zero-order chi connectivity index (χ0) is 16.5. The van der Waals surface area contributed by atoms with Crippen LogP contribution in [0, 0.1) is 6.92 Å². The second-order valence-corrected chi connectivity index (χ2v) is 5.81. The van der Waals surface area contributed by atoms with Gasteiger partial charge in [-0.15, -0.1) is 0 Å². The second kappa shape index (κ2) is 5.81. The van der Waals surface area contributed by atoms with E-state index >= 15 is 0 Å². The van der Waals surface area contributed by atoms with E-state index < -0.39 is 11.5 Å². The third kappa shape index (κ3) is 2.96. The van der Waals surface area contributed by atoms with Crippen LogP contribution < -0.4 is 5.32 Å². The monoisotopic (exact) mass is 321 g/mol. The van der Waals surface area contributed by atoms with E-state index in [0.29, 0.717) is 16.3 Å². The van der Waals surface area contributed by atoms with E-state index in [1.54, 1.807) is 12.1 Å². The van der Waals surface area contributed by atoms with E-state index in [4.69, 9.17) is 16.7 Å². The Kier molecular flexibility index (Phi) is 4.23. The molecule has 116 valence electrons. The van der Waals surface area contributed by atoms with E-state index in [1.807, 2.05) is 13.0 Å². The van der Waals surface area contributed by atoms with Gasteiger partial charge < -0.3 is 10.4 Å². The van der Waals surface area contributed by atoms with E-state index in [-0.39, 0.29) is 5.91 Å². The van der Waals surface area contributed by atoms with Crippen LogP contribution in [0.15, 0.2) is 30.6 Å². The Morgan fingerprint density at radius 3 is 2.68 bits per heavy atom. The standard InChI is InChI=1S/C15H16ClN3O3/c1-9-5-4-6-11(12(9)16)13(20)18-10-7-17-19(8-10)15(2,3)14(21)22/h4-8H,1-3H3,(H,18,20)(H,21,22). The predicted molar refractivity (Wildman–Crippen MR) is 83.3 cm³/mol. The van der Waals surface area contributed by atoms with Gasteiger partial charge in [0.25, 0.3) is 5.91 Å². The maximum absolute atomic E-state index is 12.2. The van der Waals surface area contributed by atoms with Crippen molar-refractivity contribution in [1.82, 2.24) is 9.78 Å². The van der Waals surface area contributed by atoms with Gasteiger partial charge in [-0.3, -0.25) is 9.48 Å². The predicted octanol–water partition coefficient (Wildman–Crippen LogP) is 2.92. The van der Waals surface area contributed by atoms with Crippen molar-refractivity contribution in [3.63, 3.8) is 0 Å². The van der Waals surface area contributed by atoms with E-state index in [0.717, 1.165) is 5.56 Å². The molecule has 1 heterocycles. The number of hydrogen-bond donors (Lipinski definition) is 2. The van der Waals surface area contributed by atoms with Gasteiger partial charge in [0.15, 0.2) is 5.54 Å². The summed E-state index contributed by atoms with van der Waals surface area (Å²) in [5.41, 5.74) is 0.352. The number of carbonyl (C=O) groups is 2. The summed E-state index contributed by atoms with van der Waals surface area (Å²) in [6.45, 7) is 4.85. The molecule has 1 amide bonds. The molecule has 0 bridgehead atoms. The lowest BCUT2D eigenvalue weighted by atomic mass is 10.1. The van der Waals surface area contributed by atoms with Crippen molar-refractivity contribution in [2.24, 2.45) is 0 Å². The summed E-state index contributed by atoms with van der Waals surface area (Å²) in [7, 11) is 0. The zero-order valence-corrected chi connectivity index (χ0v) is 13.2. The quantitative estimate of drug-likeness (QED) is 0.906. The third-order valence-electron chi connectivity index (χ3n) is 3.37. The summed E-state index contributed by atoms with van der Waals surface area (Å²) in [6.07, 6.45) is 2.86. The maximum atomic E-state index is 12.2. The Morgan fingerprint density at radius 1 is 1.36 bits per heavy atom. The van der Waals surface area contributed by atoms with Crippen molar-refractivity contribution in [2.75, 3.05) is 5.32 Å². The van der Waals surface area contributed by atoms with Gasteiger partial charge in [-0.25, -0.2) is 4.79 Å². The lowest BCUT2D eigenvalue weighted by Gasteiger charge is -2.19. The molecule has 2 rings (SSSR count). The minimum atomic E-state index is -1.20. The van der Waals surface area contributed by atoms with Crippen LogP contribution in [-0.2, 0) is 10.3 Å². The molecule has 1 aromatic carbocycles. The molecule has 0 saturated carbocycles. The summed E-state index contributed by atoms with van der Waals surface area (Å²) in [5.74, 6) is -1.39. The highest BCUT2D eigenvalue weighted by Gasteiger charge is 2.30. The fourth-order valence-electron chi connectivity index (χ4n) is 1.81. The van der Waals surface area contributed by atoms with Crippen LogP contribution in [0.2, 0.25) is 5.02 Å². The zero-order valence-electron chi connectivity index (χ0n) is 12.4. The highest BCUT2D eigenvalue weighted by Crippen LogP contribution is 2.22. The number of anilines is 1. The lowest BCUT2D eigenvalue weighted by Crippen LogP contribution is -2.35. The van der Waals surface area contributed by atoms with Gasteiger partial charge in [-0.2, -0.15) is 5.10 Å². The van der Waals surface area contributed by atoms with Crippen LogP contribution in [0.25, 0.3) is 0 Å². The molecule has 0 radical (unpaired) electrons. The number of amides is 1. The number of aliphatic carboxylic acids is 1. The molecule has 0 fully saturated rings. The highest BCUT2D eigenvalue weighted by atomic mass is 35.5. The summed E-state index contributed by atoms with van der Waals surface area (Å²) in [4.78, 5) is 23.4. The number of nitrogens with one attached hydrogen (secondary N) is 1. The lowest BCUT2D eigenvalue weighted by molar-refractivity contribution is -0.146. The average Bonchev–Trinajstić information content (AvgIpc) is 2.90. The Bertz CT molecular complexity index is 737. The van der Waals surface area contributed by atoms with Crippen molar-refractivity contribution in [3.8, 4) is 0 Å². The van der Waals surface area contributed by atoms with Crippen LogP contribution in [0.5, 0.6) is 0 Å². The van der Waals surface area contributed by atoms with Crippen molar-refractivity contribution >= 4 is 29.2 Å². The number of rotatable bonds is 4. The Morgan fingerprint density at radius 2 is 2.05 bits per heavy atom. The van der Waals surface area contributed by atoms with Gasteiger partial charge in [0.2, 0.25) is 0 Å². The topological polar surface area (TPSA) is 84.2 Å². The SMILES string of the molecule is Cc1cccc(C(=O)Nc2cnn(C(C)(C)C(=O)O)c2)c1Cl. The number of aromatic nitrogens is 2. The summed E-state index contributed by atoms with van der Waals surface area (Å²) in [6, 6.07) is 5.18. The van der Waals surface area contributed by atoms with Crippen molar-refractivity contribution in [1.29, 1.82) is 0 Å². The van der Waals surface area contributed by atoms with Gasteiger partial charge in [-0.05, 0) is 32.4 Å². The number of aryl methyl sites for hydroxylation is 1. The molecule has 2 aromatic rings.